The number of benzene rings is 1. The van der Waals surface area contributed by atoms with Crippen molar-refractivity contribution in [3.8, 4) is 5.75 Å². The third-order valence-electron chi connectivity index (χ3n) is 4.04. The molecule has 0 aromatic heterocycles. The lowest BCUT2D eigenvalue weighted by atomic mass is 9.82. The van der Waals surface area contributed by atoms with Gasteiger partial charge in [0.15, 0.2) is 0 Å². The van der Waals surface area contributed by atoms with Crippen LogP contribution < -0.4 is 10.1 Å². The molecule has 2 rings (SSSR count). The average molecular weight is 282 g/mol. The van der Waals surface area contributed by atoms with E-state index in [2.05, 4.69) is 12.2 Å². The molecular formula is C16H24ClNO. The highest BCUT2D eigenvalue weighted by Crippen LogP contribution is 2.28. The summed E-state index contributed by atoms with van der Waals surface area (Å²) < 4.78 is 5.36. The van der Waals surface area contributed by atoms with Gasteiger partial charge in [0.25, 0.3) is 0 Å². The minimum absolute atomic E-state index is 0.767. The van der Waals surface area contributed by atoms with Gasteiger partial charge >= 0.3 is 0 Å². The normalized spacial score (nSPS) is 23.3. The van der Waals surface area contributed by atoms with Gasteiger partial charge in [-0.05, 0) is 49.4 Å². The zero-order chi connectivity index (χ0) is 13.7. The lowest BCUT2D eigenvalue weighted by molar-refractivity contribution is 0.273. The number of ether oxygens (including phenoxy) is 1. The predicted molar refractivity (Wildman–Crippen MR) is 80.8 cm³/mol. The van der Waals surface area contributed by atoms with Crippen LogP contribution >= 0.6 is 11.6 Å². The van der Waals surface area contributed by atoms with Crippen LogP contribution in [0.3, 0.4) is 0 Å². The molecule has 1 N–H and O–H groups in total. The van der Waals surface area contributed by atoms with E-state index in [9.17, 15) is 0 Å². The Morgan fingerprint density at radius 2 is 2.21 bits per heavy atom. The fourth-order valence-electron chi connectivity index (χ4n) is 3.04. The topological polar surface area (TPSA) is 21.3 Å². The first-order valence-corrected chi connectivity index (χ1v) is 7.60. The van der Waals surface area contributed by atoms with E-state index < -0.39 is 0 Å². The molecule has 1 aromatic carbocycles. The van der Waals surface area contributed by atoms with Crippen molar-refractivity contribution in [2.45, 2.75) is 39.2 Å². The first kappa shape index (κ1) is 14.7. The largest absolute Gasteiger partial charge is 0.496 e. The summed E-state index contributed by atoms with van der Waals surface area (Å²) in [5, 5.41) is 4.32. The van der Waals surface area contributed by atoms with E-state index in [1.165, 1.54) is 25.7 Å². The molecule has 1 fully saturated rings. The Morgan fingerprint density at radius 3 is 2.95 bits per heavy atom. The molecular weight excluding hydrogens is 258 g/mol. The molecule has 2 atom stereocenters. The van der Waals surface area contributed by atoms with Gasteiger partial charge in [-0.1, -0.05) is 31.4 Å². The Hall–Kier alpha value is -0.730. The van der Waals surface area contributed by atoms with E-state index in [0.29, 0.717) is 0 Å². The summed E-state index contributed by atoms with van der Waals surface area (Å²) in [6.45, 7) is 4.29. The van der Waals surface area contributed by atoms with E-state index >= 15 is 0 Å². The van der Waals surface area contributed by atoms with Crippen LogP contribution in [0.15, 0.2) is 18.2 Å². The van der Waals surface area contributed by atoms with Gasteiger partial charge in [-0.2, -0.15) is 0 Å². The lowest BCUT2D eigenvalue weighted by Gasteiger charge is -2.27. The van der Waals surface area contributed by atoms with Crippen LogP contribution in [0, 0.1) is 11.8 Å². The molecule has 0 spiro atoms. The van der Waals surface area contributed by atoms with Crippen LogP contribution in [0.1, 0.15) is 38.2 Å². The standard InChI is InChI=1S/C16H24ClNO/c1-12-4-3-5-13(8-12)10-18-11-14-9-15(17)6-7-16(14)19-2/h6-7,9,12-13,18H,3-5,8,10-11H2,1-2H3. The maximum absolute atomic E-state index is 6.04. The molecule has 0 aliphatic heterocycles. The van der Waals surface area contributed by atoms with Crippen molar-refractivity contribution in [3.63, 3.8) is 0 Å². The van der Waals surface area contributed by atoms with Crippen molar-refractivity contribution in [2.24, 2.45) is 11.8 Å². The fraction of sp³-hybridized carbons (Fsp3) is 0.625. The first-order valence-electron chi connectivity index (χ1n) is 7.22. The summed E-state index contributed by atoms with van der Waals surface area (Å²) >= 11 is 6.04. The van der Waals surface area contributed by atoms with E-state index in [1.54, 1.807) is 7.11 Å². The van der Waals surface area contributed by atoms with E-state index in [1.807, 2.05) is 18.2 Å². The number of hydrogen-bond donors (Lipinski definition) is 1. The van der Waals surface area contributed by atoms with E-state index in [4.69, 9.17) is 16.3 Å². The zero-order valence-electron chi connectivity index (χ0n) is 11.9. The molecule has 0 heterocycles. The SMILES string of the molecule is COc1ccc(Cl)cc1CNCC1CCCC(C)C1. The van der Waals surface area contributed by atoms with Gasteiger partial charge in [0, 0.05) is 17.1 Å². The molecule has 0 bridgehead atoms. The summed E-state index contributed by atoms with van der Waals surface area (Å²) in [4.78, 5) is 0. The van der Waals surface area contributed by atoms with Crippen molar-refractivity contribution in [2.75, 3.05) is 13.7 Å². The molecule has 106 valence electrons. The van der Waals surface area contributed by atoms with Gasteiger partial charge < -0.3 is 10.1 Å². The quantitative estimate of drug-likeness (QED) is 0.870. The summed E-state index contributed by atoms with van der Waals surface area (Å²) in [5.41, 5.74) is 1.14. The third-order valence-corrected chi connectivity index (χ3v) is 4.27. The van der Waals surface area contributed by atoms with E-state index in [-0.39, 0.29) is 0 Å². The number of rotatable bonds is 5. The second-order valence-corrected chi connectivity index (χ2v) is 6.16. The Morgan fingerprint density at radius 1 is 1.37 bits per heavy atom. The molecule has 0 radical (unpaired) electrons. The summed E-state index contributed by atoms with van der Waals surface area (Å²) in [6, 6.07) is 5.78. The number of halogens is 1. The van der Waals surface area contributed by atoms with Crippen molar-refractivity contribution in [3.05, 3.63) is 28.8 Å². The molecule has 19 heavy (non-hydrogen) atoms. The van der Waals surface area contributed by atoms with Crippen molar-refractivity contribution in [1.29, 1.82) is 0 Å². The number of methoxy groups -OCH3 is 1. The van der Waals surface area contributed by atoms with Crippen molar-refractivity contribution < 1.29 is 4.74 Å². The number of hydrogen-bond acceptors (Lipinski definition) is 2. The number of nitrogens with one attached hydrogen (secondary N) is 1. The summed E-state index contributed by atoms with van der Waals surface area (Å²) in [6.07, 6.45) is 5.51. The first-order chi connectivity index (χ1) is 9.19. The van der Waals surface area contributed by atoms with Gasteiger partial charge in [0.1, 0.15) is 5.75 Å². The Labute approximate surface area is 121 Å². The Balaban J connectivity index is 1.83. The van der Waals surface area contributed by atoms with Crippen LogP contribution in [-0.4, -0.2) is 13.7 Å². The summed E-state index contributed by atoms with van der Waals surface area (Å²) in [5.74, 6) is 2.63. The maximum Gasteiger partial charge on any atom is 0.123 e. The Kier molecular flexibility index (Phi) is 5.53. The molecule has 1 aromatic rings. The van der Waals surface area contributed by atoms with Crippen LogP contribution in [0.4, 0.5) is 0 Å². The highest BCUT2D eigenvalue weighted by Gasteiger charge is 2.18. The molecule has 0 saturated heterocycles. The molecule has 0 amide bonds. The van der Waals surface area contributed by atoms with Gasteiger partial charge in [-0.25, -0.2) is 0 Å². The average Bonchev–Trinajstić information content (AvgIpc) is 2.39. The molecule has 1 saturated carbocycles. The molecule has 3 heteroatoms. The molecule has 1 aliphatic rings. The maximum atomic E-state index is 6.04. The lowest BCUT2D eigenvalue weighted by Crippen LogP contribution is -2.26. The van der Waals surface area contributed by atoms with Gasteiger partial charge in [0.2, 0.25) is 0 Å². The van der Waals surface area contributed by atoms with Crippen molar-refractivity contribution >= 4 is 11.6 Å². The monoisotopic (exact) mass is 281 g/mol. The Bertz CT molecular complexity index is 408. The molecule has 2 unspecified atom stereocenters. The minimum atomic E-state index is 0.767. The predicted octanol–water partition coefficient (Wildman–Crippen LogP) is 4.26. The van der Waals surface area contributed by atoms with Crippen LogP contribution in [0.5, 0.6) is 5.75 Å². The fourth-order valence-corrected chi connectivity index (χ4v) is 3.24. The zero-order valence-corrected chi connectivity index (χ0v) is 12.7. The minimum Gasteiger partial charge on any atom is -0.496 e. The van der Waals surface area contributed by atoms with Crippen molar-refractivity contribution in [1.82, 2.24) is 5.32 Å². The second-order valence-electron chi connectivity index (χ2n) is 5.72. The van der Waals surface area contributed by atoms with Crippen LogP contribution in [-0.2, 0) is 6.54 Å². The second kappa shape index (κ2) is 7.16. The molecule has 1 aliphatic carbocycles. The van der Waals surface area contributed by atoms with Gasteiger partial charge in [-0.15, -0.1) is 0 Å². The molecule has 2 nitrogen and oxygen atoms in total. The van der Waals surface area contributed by atoms with Crippen LogP contribution in [0.25, 0.3) is 0 Å². The van der Waals surface area contributed by atoms with Gasteiger partial charge in [0.05, 0.1) is 7.11 Å². The smallest absolute Gasteiger partial charge is 0.123 e. The third kappa shape index (κ3) is 4.39. The van der Waals surface area contributed by atoms with Gasteiger partial charge in [-0.3, -0.25) is 0 Å². The summed E-state index contributed by atoms with van der Waals surface area (Å²) in [7, 11) is 1.70. The van der Waals surface area contributed by atoms with Crippen LogP contribution in [0.2, 0.25) is 5.02 Å². The highest BCUT2D eigenvalue weighted by atomic mass is 35.5. The highest BCUT2D eigenvalue weighted by molar-refractivity contribution is 6.30. The van der Waals surface area contributed by atoms with E-state index in [0.717, 1.165) is 41.3 Å².